The Bertz CT molecular complexity index is 620. The molecule has 6 nitrogen and oxygen atoms in total. The molecule has 1 aromatic rings. The molecule has 1 fully saturated rings. The van der Waals surface area contributed by atoms with E-state index in [1.807, 2.05) is 6.07 Å². The standard InChI is InChI=1S/C14H16N4O2S/c1-21(20)14-16-8-10-6-9(7-15)13(19)18(12(10)17-14)11-4-2-3-5-11/h6,8,11,13,19H,2-5H2,1H3. The molecule has 0 bridgehead atoms. The summed E-state index contributed by atoms with van der Waals surface area (Å²) in [5.41, 5.74) is 0.987. The summed E-state index contributed by atoms with van der Waals surface area (Å²) in [6.07, 6.45) is 7.85. The van der Waals surface area contributed by atoms with E-state index in [1.165, 1.54) is 6.26 Å². The first kappa shape index (κ1) is 14.3. The zero-order valence-corrected chi connectivity index (χ0v) is 12.5. The predicted octanol–water partition coefficient (Wildman–Crippen LogP) is 1.20. The second-order valence-corrected chi connectivity index (χ2v) is 6.59. The summed E-state index contributed by atoms with van der Waals surface area (Å²) in [5, 5.41) is 19.9. The normalized spacial score (nSPS) is 23.4. The van der Waals surface area contributed by atoms with Gasteiger partial charge in [0.05, 0.1) is 11.6 Å². The van der Waals surface area contributed by atoms with Gasteiger partial charge in [-0.25, -0.2) is 0 Å². The van der Waals surface area contributed by atoms with Gasteiger partial charge in [0.1, 0.15) is 12.1 Å². The highest BCUT2D eigenvalue weighted by Gasteiger charge is 2.36. The van der Waals surface area contributed by atoms with Gasteiger partial charge in [0.25, 0.3) is 0 Å². The van der Waals surface area contributed by atoms with Gasteiger partial charge in [-0.05, 0) is 18.9 Å². The maximum Gasteiger partial charge on any atom is 0.344 e. The Morgan fingerprint density at radius 3 is 2.81 bits per heavy atom. The maximum atomic E-state index is 11.6. The number of aliphatic hydroxyl groups is 1. The fourth-order valence-corrected chi connectivity index (χ4v) is 3.38. The molecule has 2 unspecified atom stereocenters. The maximum absolute atomic E-state index is 11.6. The summed E-state index contributed by atoms with van der Waals surface area (Å²) in [4.78, 5) is 10.2. The van der Waals surface area contributed by atoms with Crippen molar-refractivity contribution in [1.29, 1.82) is 5.26 Å². The molecule has 0 amide bonds. The molecule has 1 saturated carbocycles. The first-order valence-corrected chi connectivity index (χ1v) is 8.46. The molecule has 1 aliphatic carbocycles. The first-order valence-electron chi connectivity index (χ1n) is 6.90. The third-order valence-electron chi connectivity index (χ3n) is 3.98. The topological polar surface area (TPSA) is 96.1 Å². The van der Waals surface area contributed by atoms with Gasteiger partial charge in [0.15, 0.2) is 6.23 Å². The van der Waals surface area contributed by atoms with E-state index in [1.54, 1.807) is 17.2 Å². The molecule has 110 valence electrons. The minimum Gasteiger partial charge on any atom is -0.609 e. The van der Waals surface area contributed by atoms with Crippen molar-refractivity contribution in [2.45, 2.75) is 43.1 Å². The molecule has 1 aliphatic heterocycles. The Kier molecular flexibility index (Phi) is 3.85. The van der Waals surface area contributed by atoms with Gasteiger partial charge in [-0.1, -0.05) is 12.8 Å². The van der Waals surface area contributed by atoms with Crippen molar-refractivity contribution in [3.05, 3.63) is 17.3 Å². The van der Waals surface area contributed by atoms with Crippen LogP contribution in [0.4, 0.5) is 5.82 Å². The molecular formula is C14H16N4O2S. The van der Waals surface area contributed by atoms with Gasteiger partial charge < -0.3 is 14.6 Å². The van der Waals surface area contributed by atoms with Crippen LogP contribution in [0, 0.1) is 11.3 Å². The molecule has 1 aromatic heterocycles. The van der Waals surface area contributed by atoms with Crippen LogP contribution in [0.3, 0.4) is 0 Å². The molecule has 7 heteroatoms. The average molecular weight is 304 g/mol. The summed E-state index contributed by atoms with van der Waals surface area (Å²) in [5.74, 6) is 0.577. The van der Waals surface area contributed by atoms with E-state index >= 15 is 0 Å². The lowest BCUT2D eigenvalue weighted by atomic mass is 10.0. The Morgan fingerprint density at radius 1 is 1.48 bits per heavy atom. The third-order valence-corrected chi connectivity index (χ3v) is 4.69. The van der Waals surface area contributed by atoms with Gasteiger partial charge in [-0.15, -0.1) is 0 Å². The lowest BCUT2D eigenvalue weighted by Crippen LogP contribution is -2.45. The van der Waals surface area contributed by atoms with Gasteiger partial charge in [0.2, 0.25) is 0 Å². The number of hydrogen-bond donors (Lipinski definition) is 1. The summed E-state index contributed by atoms with van der Waals surface area (Å²) in [7, 11) is 0. The highest BCUT2D eigenvalue weighted by atomic mass is 32.2. The Labute approximate surface area is 126 Å². The quantitative estimate of drug-likeness (QED) is 0.651. The SMILES string of the molecule is C[S+]([O-])c1ncc2c(n1)N(C1CCCC1)C(O)C(C#N)=C2. The number of aromatic nitrogens is 2. The van der Waals surface area contributed by atoms with Crippen LogP contribution >= 0.6 is 0 Å². The number of aliphatic hydroxyl groups excluding tert-OH is 1. The van der Waals surface area contributed by atoms with E-state index in [-0.39, 0.29) is 11.2 Å². The highest BCUT2D eigenvalue weighted by molar-refractivity contribution is 7.90. The molecule has 2 heterocycles. The highest BCUT2D eigenvalue weighted by Crippen LogP contribution is 2.36. The Morgan fingerprint density at radius 2 is 2.19 bits per heavy atom. The zero-order valence-electron chi connectivity index (χ0n) is 11.7. The smallest absolute Gasteiger partial charge is 0.344 e. The van der Waals surface area contributed by atoms with Gasteiger partial charge in [0, 0.05) is 29.0 Å². The number of hydrogen-bond acceptors (Lipinski definition) is 6. The van der Waals surface area contributed by atoms with E-state index < -0.39 is 17.4 Å². The van der Waals surface area contributed by atoms with Crippen molar-refractivity contribution < 1.29 is 9.66 Å². The predicted molar refractivity (Wildman–Crippen MR) is 78.7 cm³/mol. The van der Waals surface area contributed by atoms with Crippen LogP contribution < -0.4 is 4.90 Å². The van der Waals surface area contributed by atoms with Crippen molar-refractivity contribution in [3.63, 3.8) is 0 Å². The lowest BCUT2D eigenvalue weighted by molar-refractivity contribution is 0.194. The summed E-state index contributed by atoms with van der Waals surface area (Å²) in [6.45, 7) is 0. The number of fused-ring (bicyclic) bond motifs is 1. The largest absolute Gasteiger partial charge is 0.609 e. The summed E-state index contributed by atoms with van der Waals surface area (Å²) >= 11 is -1.28. The van der Waals surface area contributed by atoms with E-state index in [9.17, 15) is 14.9 Å². The van der Waals surface area contributed by atoms with Crippen LogP contribution in [0.25, 0.3) is 6.08 Å². The molecule has 0 radical (unpaired) electrons. The van der Waals surface area contributed by atoms with Gasteiger partial charge >= 0.3 is 5.16 Å². The zero-order chi connectivity index (χ0) is 15.0. The Balaban J connectivity index is 2.10. The number of rotatable bonds is 2. The van der Waals surface area contributed by atoms with Gasteiger partial charge in [-0.2, -0.15) is 15.2 Å². The molecule has 0 saturated heterocycles. The molecule has 0 aromatic carbocycles. The Hall–Kier alpha value is -1.62. The average Bonchev–Trinajstić information content (AvgIpc) is 2.99. The number of anilines is 1. The second kappa shape index (κ2) is 5.64. The first-order chi connectivity index (χ1) is 10.1. The van der Waals surface area contributed by atoms with E-state index in [0.29, 0.717) is 17.0 Å². The van der Waals surface area contributed by atoms with Crippen LogP contribution in [-0.2, 0) is 11.2 Å². The summed E-state index contributed by atoms with van der Waals surface area (Å²) < 4.78 is 11.6. The van der Waals surface area contributed by atoms with Crippen molar-refractivity contribution in [1.82, 2.24) is 9.97 Å². The minimum atomic E-state index is -1.28. The molecule has 21 heavy (non-hydrogen) atoms. The van der Waals surface area contributed by atoms with Crippen LogP contribution in [0.5, 0.6) is 0 Å². The monoisotopic (exact) mass is 304 g/mol. The number of nitrogens with zero attached hydrogens (tertiary/aromatic N) is 4. The lowest BCUT2D eigenvalue weighted by Gasteiger charge is -2.37. The summed E-state index contributed by atoms with van der Waals surface area (Å²) in [6, 6.07) is 2.20. The van der Waals surface area contributed by atoms with Crippen LogP contribution in [0.15, 0.2) is 16.9 Å². The molecule has 0 spiro atoms. The van der Waals surface area contributed by atoms with Crippen molar-refractivity contribution in [3.8, 4) is 6.07 Å². The fraction of sp³-hybridized carbons (Fsp3) is 0.500. The van der Waals surface area contributed by atoms with Crippen molar-refractivity contribution >= 4 is 23.1 Å². The van der Waals surface area contributed by atoms with Crippen molar-refractivity contribution in [2.24, 2.45) is 0 Å². The molecular weight excluding hydrogens is 288 g/mol. The minimum absolute atomic E-state index is 0.156. The van der Waals surface area contributed by atoms with Crippen LogP contribution in [0.2, 0.25) is 0 Å². The van der Waals surface area contributed by atoms with Gasteiger partial charge in [-0.3, -0.25) is 0 Å². The third kappa shape index (κ3) is 2.50. The van der Waals surface area contributed by atoms with Crippen LogP contribution in [-0.4, -0.2) is 38.2 Å². The second-order valence-electron chi connectivity index (χ2n) is 5.32. The molecule has 2 aliphatic rings. The van der Waals surface area contributed by atoms with E-state index in [4.69, 9.17) is 0 Å². The number of nitriles is 1. The van der Waals surface area contributed by atoms with Crippen molar-refractivity contribution in [2.75, 3.05) is 11.2 Å². The fourth-order valence-electron chi connectivity index (χ4n) is 2.97. The van der Waals surface area contributed by atoms with Crippen LogP contribution in [0.1, 0.15) is 31.2 Å². The molecule has 3 rings (SSSR count). The molecule has 1 N–H and O–H groups in total. The van der Waals surface area contributed by atoms with E-state index in [2.05, 4.69) is 9.97 Å². The van der Waals surface area contributed by atoms with E-state index in [0.717, 1.165) is 25.7 Å². The molecule has 2 atom stereocenters.